The fourth-order valence-corrected chi connectivity index (χ4v) is 2.46. The van der Waals surface area contributed by atoms with Gasteiger partial charge in [0.2, 0.25) is 0 Å². The number of aromatic nitrogens is 1. The van der Waals surface area contributed by atoms with Gasteiger partial charge in [0.15, 0.2) is 0 Å². The minimum absolute atomic E-state index is 0.103. The van der Waals surface area contributed by atoms with E-state index < -0.39 is 0 Å². The van der Waals surface area contributed by atoms with Crippen LogP contribution >= 0.6 is 11.3 Å². The van der Waals surface area contributed by atoms with Crippen LogP contribution in [-0.4, -0.2) is 17.4 Å². The fourth-order valence-electron chi connectivity index (χ4n) is 1.71. The maximum absolute atomic E-state index is 12.3. The Labute approximate surface area is 122 Å². The third kappa shape index (κ3) is 3.44. The number of hydrogen-bond acceptors (Lipinski definition) is 4. The monoisotopic (exact) mass is 285 g/mol. The van der Waals surface area contributed by atoms with Crippen LogP contribution in [0.4, 0.5) is 0 Å². The number of hydrogen-bond donors (Lipinski definition) is 2. The normalized spacial score (nSPS) is 11.3. The summed E-state index contributed by atoms with van der Waals surface area (Å²) in [6.07, 6.45) is 3.45. The molecule has 2 aromatic heterocycles. The number of nitrogens with two attached hydrogens (primary N) is 1. The van der Waals surface area contributed by atoms with Crippen LogP contribution in [0.5, 0.6) is 0 Å². The number of carbonyl (C=O) groups is 1. The molecule has 0 radical (unpaired) electrons. The van der Waals surface area contributed by atoms with Crippen LogP contribution in [0.3, 0.4) is 0 Å². The summed E-state index contributed by atoms with van der Waals surface area (Å²) in [6, 6.07) is 5.51. The molecule has 3 N–H and O–H groups in total. The van der Waals surface area contributed by atoms with Gasteiger partial charge in [0.1, 0.15) is 4.88 Å². The summed E-state index contributed by atoms with van der Waals surface area (Å²) >= 11 is 1.37. The predicted molar refractivity (Wildman–Crippen MR) is 80.4 cm³/mol. The molecule has 0 aliphatic heterocycles. The topological polar surface area (TPSA) is 68.0 Å². The molecule has 0 fully saturated rings. The van der Waals surface area contributed by atoms with Gasteiger partial charge >= 0.3 is 0 Å². The first-order valence-electron chi connectivity index (χ1n) is 6.19. The zero-order chi connectivity index (χ0) is 14.4. The van der Waals surface area contributed by atoms with Crippen molar-refractivity contribution < 1.29 is 4.79 Å². The van der Waals surface area contributed by atoms with Crippen molar-refractivity contribution in [3.8, 4) is 11.8 Å². The lowest BCUT2D eigenvalue weighted by Crippen LogP contribution is -2.26. The molecular formula is C15H15N3OS. The second-order valence-corrected chi connectivity index (χ2v) is 5.07. The molecule has 0 aliphatic carbocycles. The van der Waals surface area contributed by atoms with E-state index in [1.54, 1.807) is 12.4 Å². The summed E-state index contributed by atoms with van der Waals surface area (Å²) in [4.78, 5) is 16.9. The van der Waals surface area contributed by atoms with E-state index in [9.17, 15) is 4.79 Å². The first kappa shape index (κ1) is 14.3. The Morgan fingerprint density at radius 3 is 3.10 bits per heavy atom. The molecule has 102 valence electrons. The van der Waals surface area contributed by atoms with Crippen molar-refractivity contribution in [2.45, 2.75) is 13.0 Å². The second-order valence-electron chi connectivity index (χ2n) is 4.15. The molecule has 0 aliphatic rings. The Balaban J connectivity index is 2.11. The van der Waals surface area contributed by atoms with E-state index in [0.717, 1.165) is 11.1 Å². The Hall–Kier alpha value is -2.16. The van der Waals surface area contributed by atoms with Crippen molar-refractivity contribution in [2.24, 2.45) is 5.73 Å². The second kappa shape index (κ2) is 6.85. The molecule has 0 saturated heterocycles. The van der Waals surface area contributed by atoms with E-state index in [4.69, 9.17) is 5.73 Å². The van der Waals surface area contributed by atoms with Crippen LogP contribution in [0, 0.1) is 11.8 Å². The number of amides is 1. The SMILES string of the molecule is CC(NC(=O)c1sccc1C#CCN)c1cccnc1. The van der Waals surface area contributed by atoms with Gasteiger partial charge in [-0.15, -0.1) is 11.3 Å². The highest BCUT2D eigenvalue weighted by atomic mass is 32.1. The van der Waals surface area contributed by atoms with Crippen LogP contribution in [0.25, 0.3) is 0 Å². The molecule has 2 aromatic rings. The molecule has 5 heteroatoms. The maximum atomic E-state index is 12.3. The summed E-state index contributed by atoms with van der Waals surface area (Å²) < 4.78 is 0. The van der Waals surface area contributed by atoms with E-state index in [0.29, 0.717) is 4.88 Å². The first-order chi connectivity index (χ1) is 9.72. The van der Waals surface area contributed by atoms with Crippen molar-refractivity contribution in [2.75, 3.05) is 6.54 Å². The molecule has 1 atom stereocenters. The summed E-state index contributed by atoms with van der Waals surface area (Å²) in [7, 11) is 0. The molecular weight excluding hydrogens is 270 g/mol. The van der Waals surface area contributed by atoms with Crippen molar-refractivity contribution in [3.63, 3.8) is 0 Å². The summed E-state index contributed by atoms with van der Waals surface area (Å²) in [5.74, 6) is 5.55. The van der Waals surface area contributed by atoms with Crippen LogP contribution in [0.2, 0.25) is 0 Å². The third-order valence-electron chi connectivity index (χ3n) is 2.73. The summed E-state index contributed by atoms with van der Waals surface area (Å²) in [6.45, 7) is 2.21. The number of nitrogens with zero attached hydrogens (tertiary/aromatic N) is 1. The minimum atomic E-state index is -0.127. The van der Waals surface area contributed by atoms with Gasteiger partial charge in [-0.05, 0) is 30.0 Å². The molecule has 2 rings (SSSR count). The summed E-state index contributed by atoms with van der Waals surface area (Å²) in [5, 5.41) is 4.80. The number of thiophene rings is 1. The van der Waals surface area contributed by atoms with Gasteiger partial charge in [-0.25, -0.2) is 0 Å². The lowest BCUT2D eigenvalue weighted by Gasteiger charge is -2.13. The van der Waals surface area contributed by atoms with Crippen LogP contribution in [0.15, 0.2) is 36.0 Å². The highest BCUT2D eigenvalue weighted by molar-refractivity contribution is 7.12. The Morgan fingerprint density at radius 1 is 1.55 bits per heavy atom. The van der Waals surface area contributed by atoms with Crippen molar-refractivity contribution in [1.29, 1.82) is 0 Å². The number of nitrogens with one attached hydrogen (secondary N) is 1. The van der Waals surface area contributed by atoms with Gasteiger partial charge in [0.25, 0.3) is 5.91 Å². The number of carbonyl (C=O) groups excluding carboxylic acids is 1. The smallest absolute Gasteiger partial charge is 0.263 e. The Kier molecular flexibility index (Phi) is 4.88. The van der Waals surface area contributed by atoms with Gasteiger partial charge in [0.05, 0.1) is 12.6 Å². The predicted octanol–water partition coefficient (Wildman–Crippen LogP) is 1.94. The molecule has 1 amide bonds. The molecule has 20 heavy (non-hydrogen) atoms. The van der Waals surface area contributed by atoms with Crippen LogP contribution in [-0.2, 0) is 0 Å². The maximum Gasteiger partial charge on any atom is 0.263 e. The number of rotatable bonds is 3. The van der Waals surface area contributed by atoms with E-state index in [1.165, 1.54) is 11.3 Å². The average Bonchev–Trinajstić information content (AvgIpc) is 2.94. The van der Waals surface area contributed by atoms with Crippen molar-refractivity contribution >= 4 is 17.2 Å². The Bertz CT molecular complexity index is 640. The highest BCUT2D eigenvalue weighted by Crippen LogP contribution is 2.18. The molecule has 0 spiro atoms. The van der Waals surface area contributed by atoms with E-state index in [-0.39, 0.29) is 18.5 Å². The molecule has 2 heterocycles. The number of pyridine rings is 1. The average molecular weight is 285 g/mol. The quantitative estimate of drug-likeness (QED) is 0.847. The van der Waals surface area contributed by atoms with Gasteiger partial charge in [-0.2, -0.15) is 0 Å². The standard InChI is InChI=1S/C15H15N3OS/c1-11(13-5-3-8-17-10-13)18-15(19)14-12(4-2-7-16)6-9-20-14/h3,5-6,8-11H,7,16H2,1H3,(H,18,19). The lowest BCUT2D eigenvalue weighted by atomic mass is 10.1. The van der Waals surface area contributed by atoms with Gasteiger partial charge in [0, 0.05) is 18.0 Å². The van der Waals surface area contributed by atoms with E-state index >= 15 is 0 Å². The van der Waals surface area contributed by atoms with Crippen LogP contribution < -0.4 is 11.1 Å². The van der Waals surface area contributed by atoms with Crippen molar-refractivity contribution in [1.82, 2.24) is 10.3 Å². The Morgan fingerprint density at radius 2 is 2.40 bits per heavy atom. The van der Waals surface area contributed by atoms with Crippen LogP contribution in [0.1, 0.15) is 33.8 Å². The molecule has 1 unspecified atom stereocenters. The van der Waals surface area contributed by atoms with Crippen molar-refractivity contribution in [3.05, 3.63) is 52.0 Å². The zero-order valence-electron chi connectivity index (χ0n) is 11.1. The molecule has 0 aromatic carbocycles. The third-order valence-corrected chi connectivity index (χ3v) is 3.64. The first-order valence-corrected chi connectivity index (χ1v) is 7.07. The zero-order valence-corrected chi connectivity index (χ0v) is 11.9. The van der Waals surface area contributed by atoms with E-state index in [1.807, 2.05) is 30.5 Å². The fraction of sp³-hybridized carbons (Fsp3) is 0.200. The molecule has 0 bridgehead atoms. The minimum Gasteiger partial charge on any atom is -0.345 e. The molecule has 4 nitrogen and oxygen atoms in total. The van der Waals surface area contributed by atoms with Gasteiger partial charge < -0.3 is 11.1 Å². The molecule has 0 saturated carbocycles. The van der Waals surface area contributed by atoms with Gasteiger partial charge in [-0.1, -0.05) is 17.9 Å². The lowest BCUT2D eigenvalue weighted by molar-refractivity contribution is 0.0944. The van der Waals surface area contributed by atoms with E-state index in [2.05, 4.69) is 22.1 Å². The highest BCUT2D eigenvalue weighted by Gasteiger charge is 2.15. The summed E-state index contributed by atoms with van der Waals surface area (Å²) in [5.41, 5.74) is 7.03. The van der Waals surface area contributed by atoms with Gasteiger partial charge in [-0.3, -0.25) is 9.78 Å². The largest absolute Gasteiger partial charge is 0.345 e.